The molecule has 2 N–H and O–H groups in total. The summed E-state index contributed by atoms with van der Waals surface area (Å²) in [6.07, 6.45) is 0.423. The zero-order valence-corrected chi connectivity index (χ0v) is 11.0. The fourth-order valence-corrected chi connectivity index (χ4v) is 2.14. The van der Waals surface area contributed by atoms with Crippen molar-refractivity contribution in [1.29, 1.82) is 0 Å². The number of benzene rings is 1. The number of carbonyl (C=O) groups excluding carboxylic acids is 1. The van der Waals surface area contributed by atoms with Crippen LogP contribution in [0.15, 0.2) is 12.1 Å². The summed E-state index contributed by atoms with van der Waals surface area (Å²) >= 11 is 0. The summed E-state index contributed by atoms with van der Waals surface area (Å²) in [4.78, 5) is 34.2. The van der Waals surface area contributed by atoms with Crippen LogP contribution < -0.4 is 5.32 Å². The number of carboxylic acids is 1. The molecule has 1 fully saturated rings. The zero-order valence-electron chi connectivity index (χ0n) is 11.0. The predicted molar refractivity (Wildman–Crippen MR) is 69.7 cm³/mol. The third-order valence-corrected chi connectivity index (χ3v) is 3.27. The molecule has 1 aliphatic rings. The van der Waals surface area contributed by atoms with Crippen molar-refractivity contribution in [3.05, 3.63) is 33.6 Å². The van der Waals surface area contributed by atoms with Gasteiger partial charge in [-0.25, -0.2) is 9.18 Å². The number of amides is 1. The van der Waals surface area contributed by atoms with Gasteiger partial charge in [0, 0.05) is 13.6 Å². The van der Waals surface area contributed by atoms with Gasteiger partial charge in [0.1, 0.15) is 17.5 Å². The maximum atomic E-state index is 13.5. The van der Waals surface area contributed by atoms with Crippen LogP contribution in [0.1, 0.15) is 16.8 Å². The highest BCUT2D eigenvalue weighted by Gasteiger charge is 2.31. The van der Waals surface area contributed by atoms with Crippen LogP contribution in [0.2, 0.25) is 0 Å². The number of halogens is 1. The molecular weight excluding hydrogens is 285 g/mol. The number of rotatable bonds is 4. The first-order chi connectivity index (χ1) is 9.81. The minimum atomic E-state index is -1.54. The Balaban J connectivity index is 2.41. The highest BCUT2D eigenvalue weighted by atomic mass is 19.1. The summed E-state index contributed by atoms with van der Waals surface area (Å²) in [6.45, 7) is 0.483. The largest absolute Gasteiger partial charge is 0.478 e. The Kier molecular flexibility index (Phi) is 3.74. The molecule has 0 saturated carbocycles. The number of aromatic carboxylic acids is 1. The molecule has 1 aromatic rings. The lowest BCUT2D eigenvalue weighted by atomic mass is 10.1. The molecule has 1 saturated heterocycles. The minimum absolute atomic E-state index is 0.188. The summed E-state index contributed by atoms with van der Waals surface area (Å²) in [7, 11) is 1.59. The van der Waals surface area contributed by atoms with Gasteiger partial charge in [0.2, 0.25) is 5.91 Å². The lowest BCUT2D eigenvalue weighted by Crippen LogP contribution is -2.31. The van der Waals surface area contributed by atoms with Crippen molar-refractivity contribution in [2.24, 2.45) is 0 Å². The first-order valence-corrected chi connectivity index (χ1v) is 6.04. The Bertz CT molecular complexity index is 634. The van der Waals surface area contributed by atoms with Crippen LogP contribution in [0.25, 0.3) is 0 Å². The average molecular weight is 297 g/mol. The molecule has 0 radical (unpaired) electrons. The minimum Gasteiger partial charge on any atom is -0.478 e. The second-order valence-electron chi connectivity index (χ2n) is 4.66. The molecule has 0 spiro atoms. The van der Waals surface area contributed by atoms with Gasteiger partial charge in [-0.15, -0.1) is 0 Å². The monoisotopic (exact) mass is 297 g/mol. The molecular formula is C12H12FN3O5. The lowest BCUT2D eigenvalue weighted by molar-refractivity contribution is -0.384. The van der Waals surface area contributed by atoms with E-state index in [1.165, 1.54) is 4.90 Å². The normalized spacial score (nSPS) is 17.9. The second kappa shape index (κ2) is 5.35. The predicted octanol–water partition coefficient (Wildman–Crippen LogP) is 1.07. The van der Waals surface area contributed by atoms with Gasteiger partial charge in [-0.05, 0) is 12.5 Å². The van der Waals surface area contributed by atoms with E-state index in [1.807, 2.05) is 0 Å². The Labute approximate surface area is 118 Å². The average Bonchev–Trinajstić information content (AvgIpc) is 2.71. The number of carboxylic acid groups (broad SMARTS) is 1. The van der Waals surface area contributed by atoms with E-state index in [0.717, 1.165) is 6.07 Å². The summed E-state index contributed by atoms with van der Waals surface area (Å²) in [5, 5.41) is 22.4. The Morgan fingerprint density at radius 2 is 2.24 bits per heavy atom. The Morgan fingerprint density at radius 1 is 1.57 bits per heavy atom. The number of nitrogens with zero attached hydrogens (tertiary/aromatic N) is 2. The molecule has 1 unspecified atom stereocenters. The van der Waals surface area contributed by atoms with Crippen molar-refractivity contribution < 1.29 is 24.0 Å². The fourth-order valence-electron chi connectivity index (χ4n) is 2.14. The van der Waals surface area contributed by atoms with Gasteiger partial charge in [0.25, 0.3) is 5.69 Å². The fraction of sp³-hybridized carbons (Fsp3) is 0.333. The van der Waals surface area contributed by atoms with Gasteiger partial charge in [-0.2, -0.15) is 0 Å². The van der Waals surface area contributed by atoms with Crippen LogP contribution >= 0.6 is 0 Å². The Hall–Kier alpha value is -2.71. The molecule has 2 rings (SSSR count). The summed E-state index contributed by atoms with van der Waals surface area (Å²) < 4.78 is 13.5. The summed E-state index contributed by atoms with van der Waals surface area (Å²) in [6, 6.07) is 0.678. The third kappa shape index (κ3) is 2.76. The Morgan fingerprint density at radius 3 is 2.71 bits per heavy atom. The standard InChI is InChI=1S/C12H12FN3O5/c1-15-3-2-8(11(15)17)14-9-4-6(12(18)19)7(13)5-10(9)16(20)21/h4-5,8,14H,2-3H2,1H3,(H,18,19). The van der Waals surface area contributed by atoms with E-state index in [1.54, 1.807) is 7.05 Å². The van der Waals surface area contributed by atoms with E-state index in [0.29, 0.717) is 19.0 Å². The summed E-state index contributed by atoms with van der Waals surface area (Å²) in [5.74, 6) is -3.00. The highest BCUT2D eigenvalue weighted by molar-refractivity contribution is 5.92. The van der Waals surface area contributed by atoms with E-state index in [9.17, 15) is 24.1 Å². The topological polar surface area (TPSA) is 113 Å². The van der Waals surface area contributed by atoms with E-state index in [2.05, 4.69) is 5.32 Å². The second-order valence-corrected chi connectivity index (χ2v) is 4.66. The summed E-state index contributed by atoms with van der Waals surface area (Å²) in [5.41, 5.74) is -1.49. The van der Waals surface area contributed by atoms with Crippen molar-refractivity contribution in [1.82, 2.24) is 4.90 Å². The number of likely N-dealkylation sites (tertiary alicyclic amines) is 1. The maximum absolute atomic E-state index is 13.5. The van der Waals surface area contributed by atoms with Gasteiger partial charge >= 0.3 is 5.97 Å². The molecule has 1 amide bonds. The number of hydrogen-bond acceptors (Lipinski definition) is 5. The molecule has 1 aliphatic heterocycles. The van der Waals surface area contributed by atoms with Gasteiger partial charge in [-0.3, -0.25) is 14.9 Å². The molecule has 1 atom stereocenters. The van der Waals surface area contributed by atoms with Crippen molar-refractivity contribution in [3.63, 3.8) is 0 Å². The number of nitro benzene ring substituents is 1. The van der Waals surface area contributed by atoms with Crippen LogP contribution in [0.5, 0.6) is 0 Å². The molecule has 0 bridgehead atoms. The first kappa shape index (κ1) is 14.7. The molecule has 1 heterocycles. The van der Waals surface area contributed by atoms with Crippen molar-refractivity contribution in [2.45, 2.75) is 12.5 Å². The van der Waals surface area contributed by atoms with Gasteiger partial charge in [0.05, 0.1) is 16.6 Å². The number of nitrogens with one attached hydrogen (secondary N) is 1. The molecule has 9 heteroatoms. The number of nitro groups is 1. The lowest BCUT2D eigenvalue weighted by Gasteiger charge is -2.14. The number of likely N-dealkylation sites (N-methyl/N-ethyl adjacent to an activating group) is 1. The number of carbonyl (C=O) groups is 2. The van der Waals surface area contributed by atoms with E-state index < -0.39 is 34.0 Å². The van der Waals surface area contributed by atoms with Gasteiger partial charge in [0.15, 0.2) is 0 Å². The molecule has 8 nitrogen and oxygen atoms in total. The van der Waals surface area contributed by atoms with Crippen molar-refractivity contribution in [2.75, 3.05) is 18.9 Å². The quantitative estimate of drug-likeness (QED) is 0.635. The molecule has 1 aromatic carbocycles. The van der Waals surface area contributed by atoms with Crippen molar-refractivity contribution >= 4 is 23.3 Å². The van der Waals surface area contributed by atoms with Crippen LogP contribution in [0.3, 0.4) is 0 Å². The SMILES string of the molecule is CN1CCC(Nc2cc(C(=O)O)c(F)cc2[N+](=O)[O-])C1=O. The number of hydrogen-bond donors (Lipinski definition) is 2. The van der Waals surface area contributed by atoms with E-state index >= 15 is 0 Å². The molecule has 21 heavy (non-hydrogen) atoms. The molecule has 112 valence electrons. The zero-order chi connectivity index (χ0) is 15.7. The van der Waals surface area contributed by atoms with Gasteiger partial charge in [-0.1, -0.05) is 0 Å². The van der Waals surface area contributed by atoms with Crippen LogP contribution in [-0.4, -0.2) is 46.4 Å². The third-order valence-electron chi connectivity index (χ3n) is 3.27. The van der Waals surface area contributed by atoms with Crippen LogP contribution in [0, 0.1) is 15.9 Å². The van der Waals surface area contributed by atoms with Crippen LogP contribution in [0.4, 0.5) is 15.8 Å². The molecule has 0 aromatic heterocycles. The number of anilines is 1. The van der Waals surface area contributed by atoms with Gasteiger partial charge < -0.3 is 15.3 Å². The molecule has 0 aliphatic carbocycles. The van der Waals surface area contributed by atoms with E-state index in [-0.39, 0.29) is 11.6 Å². The van der Waals surface area contributed by atoms with Crippen molar-refractivity contribution in [3.8, 4) is 0 Å². The van der Waals surface area contributed by atoms with E-state index in [4.69, 9.17) is 5.11 Å². The highest BCUT2D eigenvalue weighted by Crippen LogP contribution is 2.29. The smallest absolute Gasteiger partial charge is 0.338 e. The first-order valence-electron chi connectivity index (χ1n) is 6.04. The maximum Gasteiger partial charge on any atom is 0.338 e. The van der Waals surface area contributed by atoms with Crippen LogP contribution in [-0.2, 0) is 4.79 Å².